The van der Waals surface area contributed by atoms with E-state index in [1.54, 1.807) is 0 Å². The van der Waals surface area contributed by atoms with Crippen LogP contribution in [0.5, 0.6) is 0 Å². The van der Waals surface area contributed by atoms with E-state index < -0.39 is 16.9 Å². The van der Waals surface area contributed by atoms with E-state index in [1.165, 1.54) is 24.3 Å². The Balaban J connectivity index is 2.18. The molecule has 10 nitrogen and oxygen atoms in total. The predicted molar refractivity (Wildman–Crippen MR) is 111 cm³/mol. The fraction of sp³-hybridized carbons (Fsp3) is 0.550. The zero-order valence-electron chi connectivity index (χ0n) is 17.0. The van der Waals surface area contributed by atoms with Gasteiger partial charge in [-0.2, -0.15) is 0 Å². The largest absolute Gasteiger partial charge is 0.480 e. The van der Waals surface area contributed by atoms with Gasteiger partial charge in [0.15, 0.2) is 0 Å². The predicted octanol–water partition coefficient (Wildman–Crippen LogP) is 1.97. The highest BCUT2D eigenvalue weighted by Crippen LogP contribution is 2.13. The number of non-ortho nitro benzene ring substituents is 1. The van der Waals surface area contributed by atoms with Crippen molar-refractivity contribution in [3.05, 3.63) is 39.9 Å². The van der Waals surface area contributed by atoms with Gasteiger partial charge in [0.1, 0.15) is 6.04 Å². The summed E-state index contributed by atoms with van der Waals surface area (Å²) in [5.41, 5.74) is 5.49. The third-order valence-electron chi connectivity index (χ3n) is 4.52. The molecule has 0 heterocycles. The summed E-state index contributed by atoms with van der Waals surface area (Å²) in [5.74, 6) is -1.69. The third kappa shape index (κ3) is 9.97. The molecule has 0 aliphatic carbocycles. The zero-order chi connectivity index (χ0) is 22.4. The molecule has 1 aromatic rings. The van der Waals surface area contributed by atoms with E-state index in [9.17, 15) is 24.5 Å². The van der Waals surface area contributed by atoms with Gasteiger partial charge in [0, 0.05) is 30.7 Å². The Morgan fingerprint density at radius 1 is 1.10 bits per heavy atom. The highest BCUT2D eigenvalue weighted by atomic mass is 16.6. The third-order valence-corrected chi connectivity index (χ3v) is 4.52. The summed E-state index contributed by atoms with van der Waals surface area (Å²) in [6.45, 7) is 0.919. The number of carbonyl (C=O) groups excluding carboxylic acids is 2. The number of unbranched alkanes of at least 4 members (excludes halogenated alkanes) is 4. The molecular formula is C20H30N4O6. The molecule has 0 saturated carbocycles. The van der Waals surface area contributed by atoms with Crippen LogP contribution in [-0.2, 0) is 9.59 Å². The lowest BCUT2D eigenvalue weighted by Gasteiger charge is -2.14. The van der Waals surface area contributed by atoms with Crippen LogP contribution in [0.4, 0.5) is 5.69 Å². The second-order valence-corrected chi connectivity index (χ2v) is 6.97. The second kappa shape index (κ2) is 14.0. The lowest BCUT2D eigenvalue weighted by atomic mass is 10.1. The number of carboxylic acid groups (broad SMARTS) is 1. The van der Waals surface area contributed by atoms with Crippen LogP contribution in [0, 0.1) is 10.1 Å². The smallest absolute Gasteiger partial charge is 0.326 e. The quantitative estimate of drug-likeness (QED) is 0.190. The molecule has 0 radical (unpaired) electrons. The Hall–Kier alpha value is -3.01. The van der Waals surface area contributed by atoms with Crippen LogP contribution in [0.2, 0.25) is 0 Å². The first-order valence-electron chi connectivity index (χ1n) is 10.1. The molecule has 1 aromatic carbocycles. The summed E-state index contributed by atoms with van der Waals surface area (Å²) in [4.78, 5) is 45.3. The highest BCUT2D eigenvalue weighted by Gasteiger charge is 2.18. The van der Waals surface area contributed by atoms with Crippen molar-refractivity contribution in [2.75, 3.05) is 13.1 Å². The number of hydrogen-bond donors (Lipinski definition) is 4. The van der Waals surface area contributed by atoms with E-state index in [2.05, 4.69) is 10.6 Å². The summed E-state index contributed by atoms with van der Waals surface area (Å²) >= 11 is 0. The summed E-state index contributed by atoms with van der Waals surface area (Å²) in [6.07, 6.45) is 4.88. The number of nitrogens with one attached hydrogen (secondary N) is 2. The molecular weight excluding hydrogens is 392 g/mol. The Kier molecular flexibility index (Phi) is 11.7. The number of nitrogens with two attached hydrogens (primary N) is 1. The maximum Gasteiger partial charge on any atom is 0.326 e. The lowest BCUT2D eigenvalue weighted by Crippen LogP contribution is -2.40. The molecule has 0 spiro atoms. The summed E-state index contributed by atoms with van der Waals surface area (Å²) < 4.78 is 0. The Labute approximate surface area is 175 Å². The molecule has 0 bridgehead atoms. The summed E-state index contributed by atoms with van der Waals surface area (Å²) in [5, 5.41) is 25.1. The lowest BCUT2D eigenvalue weighted by molar-refractivity contribution is -0.384. The van der Waals surface area contributed by atoms with Gasteiger partial charge >= 0.3 is 5.97 Å². The molecule has 0 fully saturated rings. The number of rotatable bonds is 15. The number of nitro benzene ring substituents is 1. The van der Waals surface area contributed by atoms with Crippen molar-refractivity contribution in [1.82, 2.24) is 10.6 Å². The number of carbonyl (C=O) groups is 3. The minimum atomic E-state index is -1.04. The summed E-state index contributed by atoms with van der Waals surface area (Å²) in [6, 6.07) is 4.65. The van der Waals surface area contributed by atoms with Crippen LogP contribution < -0.4 is 16.4 Å². The number of benzene rings is 1. The Bertz CT molecular complexity index is 725. The molecule has 0 aliphatic rings. The molecule has 5 N–H and O–H groups in total. The van der Waals surface area contributed by atoms with Gasteiger partial charge in [-0.15, -0.1) is 0 Å². The second-order valence-electron chi connectivity index (χ2n) is 6.97. The Morgan fingerprint density at radius 3 is 2.50 bits per heavy atom. The van der Waals surface area contributed by atoms with Crippen LogP contribution in [0.3, 0.4) is 0 Å². The van der Waals surface area contributed by atoms with E-state index in [0.29, 0.717) is 38.8 Å². The van der Waals surface area contributed by atoms with Crippen LogP contribution in [-0.4, -0.2) is 46.9 Å². The number of nitro groups is 1. The van der Waals surface area contributed by atoms with Gasteiger partial charge in [0.05, 0.1) is 4.92 Å². The highest BCUT2D eigenvalue weighted by molar-refractivity contribution is 5.94. The van der Waals surface area contributed by atoms with Crippen molar-refractivity contribution in [3.8, 4) is 0 Å². The number of nitrogens with zero attached hydrogens (tertiary/aromatic N) is 1. The van der Waals surface area contributed by atoms with E-state index >= 15 is 0 Å². The summed E-state index contributed by atoms with van der Waals surface area (Å²) in [7, 11) is 0. The van der Waals surface area contributed by atoms with E-state index in [1.807, 2.05) is 0 Å². The number of hydrogen-bond acceptors (Lipinski definition) is 6. The number of amides is 2. The van der Waals surface area contributed by atoms with Crippen LogP contribution in [0.1, 0.15) is 61.7 Å². The van der Waals surface area contributed by atoms with Crippen LogP contribution in [0.25, 0.3) is 0 Å². The molecule has 0 aromatic heterocycles. The zero-order valence-corrected chi connectivity index (χ0v) is 17.0. The van der Waals surface area contributed by atoms with Crippen molar-refractivity contribution in [2.45, 2.75) is 57.4 Å². The molecule has 0 aliphatic heterocycles. The van der Waals surface area contributed by atoms with Gasteiger partial charge in [-0.3, -0.25) is 19.7 Å². The average Bonchev–Trinajstić information content (AvgIpc) is 2.72. The molecule has 2 amide bonds. The molecule has 10 heteroatoms. The van der Waals surface area contributed by atoms with Gasteiger partial charge < -0.3 is 21.5 Å². The molecule has 30 heavy (non-hydrogen) atoms. The first-order chi connectivity index (χ1) is 14.3. The molecule has 1 atom stereocenters. The average molecular weight is 422 g/mol. The van der Waals surface area contributed by atoms with Gasteiger partial charge in [0.2, 0.25) is 5.91 Å². The first kappa shape index (κ1) is 25.0. The number of carboxylic acids is 1. The normalized spacial score (nSPS) is 11.5. The molecule has 0 saturated heterocycles. The maximum absolute atomic E-state index is 12.0. The van der Waals surface area contributed by atoms with Crippen molar-refractivity contribution in [2.24, 2.45) is 5.73 Å². The standard InChI is InChI=1S/C20H30N4O6/c21-12-5-4-10-17(20(27)28)23-18(25)11-3-1-2-6-13-22-19(26)15-8-7-9-16(14-15)24(29)30/h7-9,14,17H,1-6,10-13,21H2,(H,22,26)(H,23,25)(H,27,28). The molecule has 1 unspecified atom stereocenters. The topological polar surface area (TPSA) is 165 Å². The van der Waals surface area contributed by atoms with Gasteiger partial charge in [-0.05, 0) is 44.7 Å². The Morgan fingerprint density at radius 2 is 1.83 bits per heavy atom. The first-order valence-corrected chi connectivity index (χ1v) is 10.1. The SMILES string of the molecule is NCCCCC(NC(=O)CCCCCCNC(=O)c1cccc([N+](=O)[O-])c1)C(=O)O. The van der Waals surface area contributed by atoms with Gasteiger partial charge in [-0.25, -0.2) is 4.79 Å². The molecule has 166 valence electrons. The number of aliphatic carboxylic acids is 1. The van der Waals surface area contributed by atoms with Crippen molar-refractivity contribution < 1.29 is 24.4 Å². The van der Waals surface area contributed by atoms with E-state index in [4.69, 9.17) is 10.8 Å². The van der Waals surface area contributed by atoms with Crippen molar-refractivity contribution >= 4 is 23.5 Å². The fourth-order valence-electron chi connectivity index (χ4n) is 2.85. The maximum atomic E-state index is 12.0. The fourth-order valence-corrected chi connectivity index (χ4v) is 2.85. The van der Waals surface area contributed by atoms with E-state index in [-0.39, 0.29) is 29.5 Å². The van der Waals surface area contributed by atoms with Crippen molar-refractivity contribution in [1.29, 1.82) is 0 Å². The monoisotopic (exact) mass is 422 g/mol. The van der Waals surface area contributed by atoms with Gasteiger partial charge in [0.25, 0.3) is 11.6 Å². The minimum Gasteiger partial charge on any atom is -0.480 e. The van der Waals surface area contributed by atoms with Crippen LogP contribution in [0.15, 0.2) is 24.3 Å². The molecule has 1 rings (SSSR count). The minimum absolute atomic E-state index is 0.134. The van der Waals surface area contributed by atoms with Crippen LogP contribution >= 0.6 is 0 Å². The van der Waals surface area contributed by atoms with E-state index in [0.717, 1.165) is 19.3 Å². The van der Waals surface area contributed by atoms with Gasteiger partial charge in [-0.1, -0.05) is 18.9 Å². The van der Waals surface area contributed by atoms with Crippen molar-refractivity contribution in [3.63, 3.8) is 0 Å².